The van der Waals surface area contributed by atoms with Crippen LogP contribution >= 0.6 is 0 Å². The van der Waals surface area contributed by atoms with Crippen LogP contribution in [0, 0.1) is 17.1 Å². The van der Waals surface area contributed by atoms with Crippen molar-refractivity contribution >= 4 is 0 Å². The Labute approximate surface area is 128 Å². The first-order valence-corrected chi connectivity index (χ1v) is 6.98. The highest BCUT2D eigenvalue weighted by molar-refractivity contribution is 5.33. The molecule has 1 heterocycles. The number of halogens is 1. The van der Waals surface area contributed by atoms with Gasteiger partial charge in [0.1, 0.15) is 11.6 Å². The van der Waals surface area contributed by atoms with E-state index in [4.69, 9.17) is 5.26 Å². The third-order valence-corrected chi connectivity index (χ3v) is 3.49. The van der Waals surface area contributed by atoms with Gasteiger partial charge in [-0.1, -0.05) is 24.3 Å². The summed E-state index contributed by atoms with van der Waals surface area (Å²) >= 11 is 0. The topological polar surface area (TPSA) is 41.6 Å². The quantitative estimate of drug-likeness (QED) is 0.738. The van der Waals surface area contributed by atoms with Crippen LogP contribution in [0.3, 0.4) is 0 Å². The number of rotatable bonds is 4. The smallest absolute Gasteiger partial charge is 0.123 e. The van der Waals surface area contributed by atoms with Crippen molar-refractivity contribution in [1.29, 1.82) is 5.26 Å². The van der Waals surface area contributed by atoms with Gasteiger partial charge in [-0.15, -0.1) is 0 Å². The Kier molecular flexibility index (Phi) is 3.97. The molecule has 4 heteroatoms. The van der Waals surface area contributed by atoms with E-state index >= 15 is 0 Å². The molecule has 0 unspecified atom stereocenters. The average Bonchev–Trinajstić information content (AvgIpc) is 2.97. The molecule has 1 aromatic heterocycles. The number of imidazole rings is 1. The molecule has 0 bridgehead atoms. The molecule has 3 aromatic rings. The van der Waals surface area contributed by atoms with Crippen LogP contribution in [-0.4, -0.2) is 9.55 Å². The second-order valence-corrected chi connectivity index (χ2v) is 5.09. The van der Waals surface area contributed by atoms with Crippen molar-refractivity contribution in [3.63, 3.8) is 0 Å². The minimum Gasteiger partial charge on any atom is -0.330 e. The molecule has 0 aliphatic heterocycles. The van der Waals surface area contributed by atoms with Gasteiger partial charge >= 0.3 is 0 Å². The largest absolute Gasteiger partial charge is 0.330 e. The minimum atomic E-state index is -0.236. The number of benzene rings is 2. The normalized spacial score (nSPS) is 10.4. The molecule has 0 spiro atoms. The highest BCUT2D eigenvalue weighted by atomic mass is 19.1. The lowest BCUT2D eigenvalue weighted by Gasteiger charge is -2.08. The Morgan fingerprint density at radius 1 is 1.09 bits per heavy atom. The number of hydrogen-bond donors (Lipinski definition) is 0. The lowest BCUT2D eigenvalue weighted by molar-refractivity contribution is 0.627. The van der Waals surface area contributed by atoms with Crippen LogP contribution in [-0.2, 0) is 13.0 Å². The third kappa shape index (κ3) is 3.21. The second-order valence-electron chi connectivity index (χ2n) is 5.09. The highest BCUT2D eigenvalue weighted by Gasteiger charge is 2.06. The van der Waals surface area contributed by atoms with Crippen molar-refractivity contribution in [3.8, 4) is 6.07 Å². The van der Waals surface area contributed by atoms with Gasteiger partial charge in [0.05, 0.1) is 11.6 Å². The average molecular weight is 291 g/mol. The van der Waals surface area contributed by atoms with E-state index in [9.17, 15) is 4.39 Å². The fraction of sp³-hybridized carbons (Fsp3) is 0.111. The Balaban J connectivity index is 1.80. The van der Waals surface area contributed by atoms with Crippen LogP contribution in [0.4, 0.5) is 4.39 Å². The number of hydrogen-bond acceptors (Lipinski definition) is 2. The van der Waals surface area contributed by atoms with Crippen molar-refractivity contribution in [2.75, 3.05) is 0 Å². The van der Waals surface area contributed by atoms with Crippen LogP contribution < -0.4 is 0 Å². The van der Waals surface area contributed by atoms with E-state index in [0.29, 0.717) is 18.5 Å². The number of aromatic nitrogens is 2. The van der Waals surface area contributed by atoms with Crippen molar-refractivity contribution < 1.29 is 4.39 Å². The van der Waals surface area contributed by atoms with E-state index in [0.717, 1.165) is 17.0 Å². The first kappa shape index (κ1) is 14.0. The summed E-state index contributed by atoms with van der Waals surface area (Å²) in [5.74, 6) is 0.675. The first-order valence-electron chi connectivity index (χ1n) is 6.98. The van der Waals surface area contributed by atoms with E-state index in [1.54, 1.807) is 24.4 Å². The van der Waals surface area contributed by atoms with E-state index < -0.39 is 0 Å². The zero-order chi connectivity index (χ0) is 15.4. The molecule has 0 atom stereocenters. The van der Waals surface area contributed by atoms with E-state index in [1.807, 2.05) is 29.0 Å². The fourth-order valence-corrected chi connectivity index (χ4v) is 2.37. The van der Waals surface area contributed by atoms with Crippen molar-refractivity contribution in [2.45, 2.75) is 13.0 Å². The minimum absolute atomic E-state index is 0.236. The molecule has 3 rings (SSSR count). The molecule has 0 saturated carbocycles. The molecule has 0 amide bonds. The maximum absolute atomic E-state index is 13.0. The summed E-state index contributed by atoms with van der Waals surface area (Å²) in [6.07, 6.45) is 4.32. The molecule has 0 fully saturated rings. The SMILES string of the molecule is N#Cc1cccc(Cn2ccnc2Cc2ccc(F)cc2)c1. The van der Waals surface area contributed by atoms with Gasteiger partial charge in [-0.2, -0.15) is 5.26 Å². The molecule has 0 saturated heterocycles. The third-order valence-electron chi connectivity index (χ3n) is 3.49. The van der Waals surface area contributed by atoms with Gasteiger partial charge in [-0.05, 0) is 35.4 Å². The number of nitrogens with zero attached hydrogens (tertiary/aromatic N) is 3. The molecular weight excluding hydrogens is 277 g/mol. The van der Waals surface area contributed by atoms with Crippen LogP contribution in [0.25, 0.3) is 0 Å². The molecule has 0 aliphatic rings. The van der Waals surface area contributed by atoms with Crippen molar-refractivity contribution in [3.05, 3.63) is 89.3 Å². The Hall–Kier alpha value is -2.93. The zero-order valence-electron chi connectivity index (χ0n) is 11.9. The number of nitriles is 1. The van der Waals surface area contributed by atoms with E-state index in [1.165, 1.54) is 12.1 Å². The molecule has 0 N–H and O–H groups in total. The summed E-state index contributed by atoms with van der Waals surface area (Å²) in [6, 6.07) is 16.1. The van der Waals surface area contributed by atoms with Crippen LogP contribution in [0.15, 0.2) is 60.9 Å². The lowest BCUT2D eigenvalue weighted by Crippen LogP contribution is -2.05. The lowest BCUT2D eigenvalue weighted by atomic mass is 10.1. The fourth-order valence-electron chi connectivity index (χ4n) is 2.37. The van der Waals surface area contributed by atoms with Gasteiger partial charge in [0, 0.05) is 25.4 Å². The Morgan fingerprint density at radius 2 is 1.91 bits per heavy atom. The predicted octanol–water partition coefficient (Wildman–Crippen LogP) is 3.53. The monoisotopic (exact) mass is 291 g/mol. The first-order chi connectivity index (χ1) is 10.7. The van der Waals surface area contributed by atoms with E-state index in [-0.39, 0.29) is 5.82 Å². The maximum atomic E-state index is 13.0. The summed E-state index contributed by atoms with van der Waals surface area (Å²) in [5, 5.41) is 8.96. The zero-order valence-corrected chi connectivity index (χ0v) is 11.9. The standard InChI is InChI=1S/C18H14FN3/c19-17-6-4-14(5-7-17)11-18-21-8-9-22(18)13-16-3-1-2-15(10-16)12-20/h1-10H,11,13H2. The maximum Gasteiger partial charge on any atom is 0.123 e. The van der Waals surface area contributed by atoms with E-state index in [2.05, 4.69) is 11.1 Å². The molecule has 22 heavy (non-hydrogen) atoms. The van der Waals surface area contributed by atoms with Crippen LogP contribution in [0.5, 0.6) is 0 Å². The molecule has 2 aromatic carbocycles. The Morgan fingerprint density at radius 3 is 2.68 bits per heavy atom. The van der Waals surface area contributed by atoms with Crippen LogP contribution in [0.2, 0.25) is 0 Å². The molecule has 108 valence electrons. The molecule has 3 nitrogen and oxygen atoms in total. The summed E-state index contributed by atoms with van der Waals surface area (Å²) < 4.78 is 15.0. The van der Waals surface area contributed by atoms with Crippen molar-refractivity contribution in [1.82, 2.24) is 9.55 Å². The van der Waals surface area contributed by atoms with Gasteiger partial charge in [-0.25, -0.2) is 9.37 Å². The van der Waals surface area contributed by atoms with Gasteiger partial charge < -0.3 is 4.57 Å². The molecule has 0 radical (unpaired) electrons. The Bertz CT molecular complexity index is 813. The second kappa shape index (κ2) is 6.23. The van der Waals surface area contributed by atoms with Crippen molar-refractivity contribution in [2.24, 2.45) is 0 Å². The molecular formula is C18H14FN3. The van der Waals surface area contributed by atoms with Gasteiger partial charge in [0.2, 0.25) is 0 Å². The highest BCUT2D eigenvalue weighted by Crippen LogP contribution is 2.12. The van der Waals surface area contributed by atoms with Crippen LogP contribution in [0.1, 0.15) is 22.5 Å². The van der Waals surface area contributed by atoms with Gasteiger partial charge in [0.25, 0.3) is 0 Å². The predicted molar refractivity (Wildman–Crippen MR) is 81.7 cm³/mol. The van der Waals surface area contributed by atoms with Gasteiger partial charge in [-0.3, -0.25) is 0 Å². The summed E-state index contributed by atoms with van der Waals surface area (Å²) in [5.41, 5.74) is 2.72. The summed E-state index contributed by atoms with van der Waals surface area (Å²) in [7, 11) is 0. The summed E-state index contributed by atoms with van der Waals surface area (Å²) in [6.45, 7) is 0.659. The van der Waals surface area contributed by atoms with Gasteiger partial charge in [0.15, 0.2) is 0 Å². The molecule has 0 aliphatic carbocycles. The summed E-state index contributed by atoms with van der Waals surface area (Å²) in [4.78, 5) is 4.38.